The molecule has 0 aromatic carbocycles. The van der Waals surface area contributed by atoms with Crippen molar-refractivity contribution in [2.45, 2.75) is 70.3 Å². The Hall–Kier alpha value is -0.370. The van der Waals surface area contributed by atoms with Gasteiger partial charge in [-0.1, -0.05) is 44.3 Å². The number of rotatable bonds is 10. The van der Waals surface area contributed by atoms with Gasteiger partial charge in [0, 0.05) is 6.04 Å². The van der Waals surface area contributed by atoms with Crippen LogP contribution in [0, 0.1) is 0 Å². The van der Waals surface area contributed by atoms with Gasteiger partial charge in [0.15, 0.2) is 0 Å². The van der Waals surface area contributed by atoms with E-state index in [1.54, 1.807) is 0 Å². The van der Waals surface area contributed by atoms with Crippen molar-refractivity contribution in [1.82, 2.24) is 5.32 Å². The average molecular weight is 267 g/mol. The molecule has 2 heteroatoms. The van der Waals surface area contributed by atoms with E-state index in [9.17, 15) is 0 Å². The lowest BCUT2D eigenvalue weighted by atomic mass is 10.0. The summed E-state index contributed by atoms with van der Waals surface area (Å²) in [6.45, 7) is 3.76. The van der Waals surface area contributed by atoms with Gasteiger partial charge in [-0.3, -0.25) is 0 Å². The van der Waals surface area contributed by atoms with Crippen LogP contribution in [0.15, 0.2) is 23.8 Å². The maximum atomic E-state index is 3.76. The Morgan fingerprint density at radius 3 is 2.72 bits per heavy atom. The van der Waals surface area contributed by atoms with Crippen molar-refractivity contribution in [3.8, 4) is 0 Å². The molecule has 0 saturated carbocycles. The van der Waals surface area contributed by atoms with E-state index >= 15 is 0 Å². The summed E-state index contributed by atoms with van der Waals surface area (Å²) in [6.07, 6.45) is 20.0. The molecule has 0 fully saturated rings. The van der Waals surface area contributed by atoms with Crippen LogP contribution in [0.4, 0.5) is 0 Å². The van der Waals surface area contributed by atoms with E-state index in [2.05, 4.69) is 24.2 Å². The zero-order valence-corrected chi connectivity index (χ0v) is 12.7. The molecular weight excluding hydrogens is 238 g/mol. The van der Waals surface area contributed by atoms with Crippen LogP contribution >= 0.6 is 11.8 Å². The van der Waals surface area contributed by atoms with Gasteiger partial charge >= 0.3 is 0 Å². The summed E-state index contributed by atoms with van der Waals surface area (Å²) in [4.78, 5) is 0. The normalized spacial score (nSPS) is 19.2. The summed E-state index contributed by atoms with van der Waals surface area (Å²) in [7, 11) is 0. The molecule has 18 heavy (non-hydrogen) atoms. The smallest absolute Gasteiger partial charge is 0.0640 e. The zero-order chi connectivity index (χ0) is 13.1. The Morgan fingerprint density at radius 2 is 2.00 bits per heavy atom. The molecule has 0 radical (unpaired) electrons. The number of nitrogens with one attached hydrogen (secondary N) is 1. The Balaban J connectivity index is 1.92. The maximum Gasteiger partial charge on any atom is 0.0640 e. The van der Waals surface area contributed by atoms with E-state index in [-0.39, 0.29) is 0 Å². The Bertz CT molecular complexity index is 247. The minimum absolute atomic E-state index is 0.734. The van der Waals surface area contributed by atoms with Crippen LogP contribution in [0.1, 0.15) is 64.2 Å². The van der Waals surface area contributed by atoms with Gasteiger partial charge in [-0.2, -0.15) is 0 Å². The number of hydrogen-bond acceptors (Lipinski definition) is 2. The second-order valence-electron chi connectivity index (χ2n) is 5.18. The molecule has 1 nitrogen and oxygen atoms in total. The topological polar surface area (TPSA) is 12.0 Å². The van der Waals surface area contributed by atoms with E-state index < -0.39 is 0 Å². The van der Waals surface area contributed by atoms with Crippen molar-refractivity contribution in [1.29, 1.82) is 0 Å². The molecule has 0 saturated heterocycles. The summed E-state index contributed by atoms with van der Waals surface area (Å²) in [5, 5.41) is 5.02. The van der Waals surface area contributed by atoms with E-state index in [0.717, 1.165) is 6.04 Å². The molecule has 0 aliphatic carbocycles. The third-order valence-corrected chi connectivity index (χ3v) is 4.35. The van der Waals surface area contributed by atoms with Crippen LogP contribution < -0.4 is 5.32 Å². The van der Waals surface area contributed by atoms with Crippen molar-refractivity contribution >= 4 is 11.8 Å². The van der Waals surface area contributed by atoms with Crippen molar-refractivity contribution in [2.75, 3.05) is 6.26 Å². The third kappa shape index (κ3) is 7.15. The van der Waals surface area contributed by atoms with Crippen LogP contribution in [0.2, 0.25) is 0 Å². The molecule has 0 amide bonds. The van der Waals surface area contributed by atoms with Crippen LogP contribution in [0.3, 0.4) is 0 Å². The van der Waals surface area contributed by atoms with Crippen LogP contribution in [-0.4, -0.2) is 12.3 Å². The Morgan fingerprint density at radius 1 is 1.28 bits per heavy atom. The molecule has 0 bridgehead atoms. The first-order chi connectivity index (χ1) is 8.86. The van der Waals surface area contributed by atoms with E-state index in [1.165, 1.54) is 69.2 Å². The van der Waals surface area contributed by atoms with Gasteiger partial charge in [0.25, 0.3) is 0 Å². The van der Waals surface area contributed by atoms with Gasteiger partial charge in [-0.15, -0.1) is 18.3 Å². The lowest BCUT2D eigenvalue weighted by Gasteiger charge is -2.24. The predicted molar refractivity (Wildman–Crippen MR) is 84.9 cm³/mol. The molecule has 0 aromatic heterocycles. The summed E-state index contributed by atoms with van der Waals surface area (Å²) in [5.74, 6) is 0. The highest BCUT2D eigenvalue weighted by atomic mass is 32.2. The van der Waals surface area contributed by atoms with Crippen molar-refractivity contribution in [3.63, 3.8) is 0 Å². The van der Waals surface area contributed by atoms with Gasteiger partial charge in [-0.25, -0.2) is 0 Å². The fourth-order valence-electron chi connectivity index (χ4n) is 2.49. The Labute approximate surface area is 118 Å². The first-order valence-electron chi connectivity index (χ1n) is 7.48. The lowest BCUT2D eigenvalue weighted by molar-refractivity contribution is 0.457. The van der Waals surface area contributed by atoms with Crippen molar-refractivity contribution < 1.29 is 0 Å². The number of unbranched alkanes of at least 4 members (excludes halogenated alkanes) is 6. The maximum absolute atomic E-state index is 3.76. The van der Waals surface area contributed by atoms with Gasteiger partial charge in [0.05, 0.1) is 5.03 Å². The second kappa shape index (κ2) is 10.5. The van der Waals surface area contributed by atoms with Crippen LogP contribution in [-0.2, 0) is 0 Å². The summed E-state index contributed by atoms with van der Waals surface area (Å²) < 4.78 is 0. The monoisotopic (exact) mass is 267 g/mol. The van der Waals surface area contributed by atoms with Gasteiger partial charge < -0.3 is 5.32 Å². The SMILES string of the molecule is C=CCCCCCCCCC1CCC=C(SC)N1. The van der Waals surface area contributed by atoms with Crippen molar-refractivity contribution in [3.05, 3.63) is 23.8 Å². The standard InChI is InChI=1S/C16H29NS/c1-3-4-5-6-7-8-9-10-12-15-13-11-14-16(17-15)18-2/h3,14-15,17H,1,4-13H2,2H3. The lowest BCUT2D eigenvalue weighted by Crippen LogP contribution is -2.29. The summed E-state index contributed by atoms with van der Waals surface area (Å²) in [5.41, 5.74) is 0. The molecule has 1 heterocycles. The van der Waals surface area contributed by atoms with Gasteiger partial charge in [0.2, 0.25) is 0 Å². The van der Waals surface area contributed by atoms with Crippen molar-refractivity contribution in [2.24, 2.45) is 0 Å². The molecule has 0 spiro atoms. The first kappa shape index (κ1) is 15.7. The zero-order valence-electron chi connectivity index (χ0n) is 11.9. The first-order valence-corrected chi connectivity index (χ1v) is 8.71. The molecule has 1 N–H and O–H groups in total. The highest BCUT2D eigenvalue weighted by molar-refractivity contribution is 8.02. The minimum Gasteiger partial charge on any atom is -0.377 e. The van der Waals surface area contributed by atoms with E-state index in [4.69, 9.17) is 0 Å². The summed E-state index contributed by atoms with van der Waals surface area (Å²) >= 11 is 1.85. The predicted octanol–water partition coefficient (Wildman–Crippen LogP) is 5.25. The average Bonchev–Trinajstić information content (AvgIpc) is 2.42. The largest absolute Gasteiger partial charge is 0.377 e. The molecule has 1 aliphatic rings. The summed E-state index contributed by atoms with van der Waals surface area (Å²) in [6, 6.07) is 0.734. The number of allylic oxidation sites excluding steroid dienone is 2. The fourth-order valence-corrected chi connectivity index (χ4v) is 3.06. The molecule has 1 aliphatic heterocycles. The van der Waals surface area contributed by atoms with Crippen LogP contribution in [0.25, 0.3) is 0 Å². The van der Waals surface area contributed by atoms with E-state index in [1.807, 2.05) is 17.8 Å². The van der Waals surface area contributed by atoms with Gasteiger partial charge in [0.1, 0.15) is 0 Å². The molecule has 1 rings (SSSR count). The third-order valence-electron chi connectivity index (χ3n) is 3.62. The highest BCUT2D eigenvalue weighted by Crippen LogP contribution is 2.21. The molecular formula is C16H29NS. The minimum atomic E-state index is 0.734. The Kier molecular flexibility index (Phi) is 9.19. The molecule has 1 unspecified atom stereocenters. The highest BCUT2D eigenvalue weighted by Gasteiger charge is 2.12. The van der Waals surface area contributed by atoms with E-state index in [0.29, 0.717) is 0 Å². The fraction of sp³-hybridized carbons (Fsp3) is 0.750. The van der Waals surface area contributed by atoms with Gasteiger partial charge in [-0.05, 0) is 38.4 Å². The number of hydrogen-bond donors (Lipinski definition) is 1. The number of thioether (sulfide) groups is 1. The molecule has 0 aromatic rings. The quantitative estimate of drug-likeness (QED) is 0.428. The van der Waals surface area contributed by atoms with Crippen LogP contribution in [0.5, 0.6) is 0 Å². The molecule has 104 valence electrons. The second-order valence-corrected chi connectivity index (χ2v) is 6.03. The molecule has 1 atom stereocenters.